The van der Waals surface area contributed by atoms with Gasteiger partial charge in [-0.1, -0.05) is 42.8 Å². The van der Waals surface area contributed by atoms with Crippen LogP contribution in [0, 0.1) is 5.82 Å². The van der Waals surface area contributed by atoms with Crippen LogP contribution in [0.4, 0.5) is 10.1 Å². The molecule has 2 saturated heterocycles. The minimum Gasteiger partial charge on any atom is -0.367 e. The first-order valence-corrected chi connectivity index (χ1v) is 13.6. The van der Waals surface area contributed by atoms with Crippen LogP contribution in [-0.4, -0.2) is 64.2 Å². The molecule has 0 saturated carbocycles. The van der Waals surface area contributed by atoms with Gasteiger partial charge in [-0.15, -0.1) is 0 Å². The van der Waals surface area contributed by atoms with Crippen molar-refractivity contribution in [3.63, 3.8) is 0 Å². The van der Waals surface area contributed by atoms with Gasteiger partial charge in [0.15, 0.2) is 0 Å². The first-order chi connectivity index (χ1) is 17.3. The Bertz CT molecular complexity index is 1250. The largest absolute Gasteiger partial charge is 0.367 e. The minimum absolute atomic E-state index is 0.213. The van der Waals surface area contributed by atoms with Gasteiger partial charge in [-0.3, -0.25) is 9.80 Å². The van der Waals surface area contributed by atoms with Gasteiger partial charge < -0.3 is 9.47 Å². The van der Waals surface area contributed by atoms with Crippen LogP contribution >= 0.6 is 23.2 Å². The number of piperidine rings is 1. The normalized spacial score (nSPS) is 20.4. The third-order valence-corrected chi connectivity index (χ3v) is 8.34. The third kappa shape index (κ3) is 5.14. The molecule has 2 aliphatic heterocycles. The predicted molar refractivity (Wildman–Crippen MR) is 148 cm³/mol. The Morgan fingerprint density at radius 3 is 2.58 bits per heavy atom. The summed E-state index contributed by atoms with van der Waals surface area (Å²) in [5.74, 6) is -0.213. The standard InChI is InChI=1S/C28H34Cl2FN5/c1-4-22-17-34(27-15-28-26(14-24(27)30)32-18-36(28)19(2)3)11-12-35(22)23-7-9-33(10-8-23)16-20-5-6-21(29)13-25(20)31/h5-6,13-15,18,22-23H,2,4,7-12,16-17H2,1,3H3/t22-/m0/s1. The second kappa shape index (κ2) is 10.7. The summed E-state index contributed by atoms with van der Waals surface area (Å²) in [6, 6.07) is 10.2. The van der Waals surface area contributed by atoms with Crippen LogP contribution in [0.2, 0.25) is 10.0 Å². The Labute approximate surface area is 223 Å². The predicted octanol–water partition coefficient (Wildman–Crippen LogP) is 6.54. The number of fused-ring (bicyclic) bond motifs is 1. The van der Waals surface area contributed by atoms with Crippen molar-refractivity contribution in [1.82, 2.24) is 19.4 Å². The molecule has 2 fully saturated rings. The molecule has 0 amide bonds. The molecule has 0 radical (unpaired) electrons. The van der Waals surface area contributed by atoms with Crippen LogP contribution in [-0.2, 0) is 6.54 Å². The van der Waals surface area contributed by atoms with E-state index in [-0.39, 0.29) is 5.82 Å². The lowest BCUT2D eigenvalue weighted by Gasteiger charge is -2.48. The molecule has 1 atom stereocenters. The van der Waals surface area contributed by atoms with E-state index >= 15 is 0 Å². The summed E-state index contributed by atoms with van der Waals surface area (Å²) in [6.07, 6.45) is 5.12. The molecule has 0 spiro atoms. The number of likely N-dealkylation sites (tertiary alicyclic amines) is 1. The van der Waals surface area contributed by atoms with Crippen LogP contribution in [0.3, 0.4) is 0 Å². The van der Waals surface area contributed by atoms with Gasteiger partial charge in [-0.25, -0.2) is 9.37 Å². The molecule has 0 aliphatic carbocycles. The Kier molecular flexibility index (Phi) is 7.59. The molecule has 8 heteroatoms. The Hall–Kier alpha value is -2.12. The molecule has 3 aromatic rings. The monoisotopic (exact) mass is 529 g/mol. The van der Waals surface area contributed by atoms with E-state index in [0.717, 1.165) is 85.0 Å². The molecule has 5 nitrogen and oxygen atoms in total. The van der Waals surface area contributed by atoms with Crippen LogP contribution in [0.25, 0.3) is 16.7 Å². The molecule has 0 unspecified atom stereocenters. The molecule has 5 rings (SSSR count). The van der Waals surface area contributed by atoms with Crippen molar-refractivity contribution in [2.45, 2.75) is 51.7 Å². The molecule has 3 heterocycles. The Morgan fingerprint density at radius 1 is 1.11 bits per heavy atom. The number of hydrogen-bond donors (Lipinski definition) is 0. The van der Waals surface area contributed by atoms with Crippen molar-refractivity contribution < 1.29 is 4.39 Å². The molecule has 36 heavy (non-hydrogen) atoms. The van der Waals surface area contributed by atoms with E-state index < -0.39 is 0 Å². The molecule has 0 bridgehead atoms. The number of aromatic nitrogens is 2. The van der Waals surface area contributed by atoms with Crippen LogP contribution in [0.5, 0.6) is 0 Å². The highest BCUT2D eigenvalue weighted by Crippen LogP contribution is 2.34. The summed E-state index contributed by atoms with van der Waals surface area (Å²) in [5, 5.41) is 1.20. The van der Waals surface area contributed by atoms with Crippen molar-refractivity contribution in [3.8, 4) is 0 Å². The second-order valence-corrected chi connectivity index (χ2v) is 11.0. The zero-order valence-corrected chi connectivity index (χ0v) is 22.6. The van der Waals surface area contributed by atoms with Gasteiger partial charge in [-0.05, 0) is 63.5 Å². The summed E-state index contributed by atoms with van der Waals surface area (Å²) in [7, 11) is 0. The van der Waals surface area contributed by atoms with Gasteiger partial charge in [-0.2, -0.15) is 0 Å². The summed E-state index contributed by atoms with van der Waals surface area (Å²) < 4.78 is 16.3. The first kappa shape index (κ1) is 25.5. The van der Waals surface area contributed by atoms with E-state index in [1.54, 1.807) is 6.07 Å². The minimum atomic E-state index is -0.213. The number of hydrogen-bond acceptors (Lipinski definition) is 4. The second-order valence-electron chi connectivity index (χ2n) is 10.1. The van der Waals surface area contributed by atoms with Crippen molar-refractivity contribution in [3.05, 3.63) is 64.7 Å². The lowest BCUT2D eigenvalue weighted by Crippen LogP contribution is -2.58. The fraction of sp³-hybridized carbons (Fsp3) is 0.464. The molecular formula is C28H34Cl2FN5. The Balaban J connectivity index is 1.24. The van der Waals surface area contributed by atoms with E-state index in [4.69, 9.17) is 23.2 Å². The highest BCUT2D eigenvalue weighted by Gasteiger charge is 2.34. The van der Waals surface area contributed by atoms with E-state index in [2.05, 4.69) is 39.3 Å². The average molecular weight is 531 g/mol. The maximum atomic E-state index is 14.3. The zero-order chi connectivity index (χ0) is 25.4. The number of allylic oxidation sites excluding steroid dienone is 1. The van der Waals surface area contributed by atoms with Crippen molar-refractivity contribution in [2.75, 3.05) is 37.6 Å². The quantitative estimate of drug-likeness (QED) is 0.362. The van der Waals surface area contributed by atoms with E-state index in [9.17, 15) is 4.39 Å². The Morgan fingerprint density at radius 2 is 1.89 bits per heavy atom. The molecule has 192 valence electrons. The van der Waals surface area contributed by atoms with E-state index in [1.807, 2.05) is 30.0 Å². The van der Waals surface area contributed by atoms with Gasteiger partial charge >= 0.3 is 0 Å². The van der Waals surface area contributed by atoms with Gasteiger partial charge in [0.05, 0.1) is 21.7 Å². The summed E-state index contributed by atoms with van der Waals surface area (Å²) in [5.41, 5.74) is 4.67. The van der Waals surface area contributed by atoms with Gasteiger partial charge in [0.2, 0.25) is 0 Å². The lowest BCUT2D eigenvalue weighted by molar-refractivity contribution is 0.0609. The highest BCUT2D eigenvalue weighted by atomic mass is 35.5. The number of halogens is 3. The smallest absolute Gasteiger partial charge is 0.129 e. The van der Waals surface area contributed by atoms with Crippen LogP contribution in [0.15, 0.2) is 43.2 Å². The molecule has 1 aromatic heterocycles. The van der Waals surface area contributed by atoms with Crippen LogP contribution < -0.4 is 4.90 Å². The SMILES string of the molecule is C=C(C)n1cnc2cc(Cl)c(N3CCN(C4CCN(Cc5ccc(Cl)cc5F)CC4)[C@@H](CC)C3)cc21. The number of imidazole rings is 1. The summed E-state index contributed by atoms with van der Waals surface area (Å²) in [4.78, 5) is 12.0. The van der Waals surface area contributed by atoms with Crippen molar-refractivity contribution >= 4 is 45.6 Å². The maximum absolute atomic E-state index is 14.3. The maximum Gasteiger partial charge on any atom is 0.129 e. The molecular weight excluding hydrogens is 496 g/mol. The number of rotatable bonds is 6. The number of nitrogens with zero attached hydrogens (tertiary/aromatic N) is 5. The van der Waals surface area contributed by atoms with E-state index in [0.29, 0.717) is 23.7 Å². The average Bonchev–Trinajstić information content (AvgIpc) is 3.28. The van der Waals surface area contributed by atoms with Crippen molar-refractivity contribution in [1.29, 1.82) is 0 Å². The fourth-order valence-corrected chi connectivity index (χ4v) is 6.23. The number of piperazine rings is 1. The number of anilines is 1. The van der Waals surface area contributed by atoms with Crippen molar-refractivity contribution in [2.24, 2.45) is 0 Å². The molecule has 0 N–H and O–H groups in total. The van der Waals surface area contributed by atoms with Gasteiger partial charge in [0.25, 0.3) is 0 Å². The summed E-state index contributed by atoms with van der Waals surface area (Å²) in [6.45, 7) is 13.9. The van der Waals surface area contributed by atoms with E-state index in [1.165, 1.54) is 6.07 Å². The van der Waals surface area contributed by atoms with Gasteiger partial charge in [0, 0.05) is 54.5 Å². The fourth-order valence-electron chi connectivity index (χ4n) is 5.80. The first-order valence-electron chi connectivity index (χ1n) is 12.8. The highest BCUT2D eigenvalue weighted by molar-refractivity contribution is 6.34. The zero-order valence-electron chi connectivity index (χ0n) is 21.1. The summed E-state index contributed by atoms with van der Waals surface area (Å²) >= 11 is 12.6. The third-order valence-electron chi connectivity index (χ3n) is 7.80. The van der Waals surface area contributed by atoms with Gasteiger partial charge in [0.1, 0.15) is 12.1 Å². The number of benzene rings is 2. The molecule has 2 aromatic carbocycles. The van der Waals surface area contributed by atoms with Crippen LogP contribution in [0.1, 0.15) is 38.7 Å². The topological polar surface area (TPSA) is 27.5 Å². The molecule has 2 aliphatic rings. The lowest BCUT2D eigenvalue weighted by atomic mass is 9.97.